The van der Waals surface area contributed by atoms with E-state index in [0.29, 0.717) is 18.0 Å². The number of benzene rings is 3. The number of nitrogens with one attached hydrogen (secondary N) is 2. The summed E-state index contributed by atoms with van der Waals surface area (Å²) < 4.78 is 5.14. The zero-order valence-corrected chi connectivity index (χ0v) is 21.1. The number of piperidine rings is 1. The van der Waals surface area contributed by atoms with Crippen molar-refractivity contribution in [3.63, 3.8) is 0 Å². The van der Waals surface area contributed by atoms with Crippen LogP contribution in [0.5, 0.6) is 0 Å². The molecule has 3 N–H and O–H groups in total. The summed E-state index contributed by atoms with van der Waals surface area (Å²) in [6.45, 7) is 5.29. The summed E-state index contributed by atoms with van der Waals surface area (Å²) in [6.07, 6.45) is 3.59. The highest BCUT2D eigenvalue weighted by molar-refractivity contribution is 5.67. The lowest BCUT2D eigenvalue weighted by molar-refractivity contribution is 0.0995. The van der Waals surface area contributed by atoms with Gasteiger partial charge in [-0.2, -0.15) is 0 Å². The minimum absolute atomic E-state index is 0.245. The number of aliphatic hydroxyl groups excluding tert-OH is 1. The Morgan fingerprint density at radius 2 is 1.68 bits per heavy atom. The third kappa shape index (κ3) is 6.40. The molecule has 0 bridgehead atoms. The average Bonchev–Trinajstić information content (AvgIpc) is 3.72. The monoisotopic (exact) mass is 497 g/mol. The van der Waals surface area contributed by atoms with Gasteiger partial charge in [-0.05, 0) is 48.1 Å². The fraction of sp³-hybridized carbons (Fsp3) is 0.323. The molecule has 6 nitrogen and oxygen atoms in total. The van der Waals surface area contributed by atoms with Gasteiger partial charge in [0.15, 0.2) is 6.23 Å². The first-order chi connectivity index (χ1) is 18.1. The topological polar surface area (TPSA) is 73.8 Å². The molecule has 1 saturated heterocycles. The van der Waals surface area contributed by atoms with E-state index < -0.39 is 6.23 Å². The summed E-state index contributed by atoms with van der Waals surface area (Å²) in [7, 11) is 0. The highest BCUT2D eigenvalue weighted by Gasteiger charge is 2.40. The van der Waals surface area contributed by atoms with Crippen molar-refractivity contribution >= 4 is 11.8 Å². The molecular formula is C31H35N3O3. The summed E-state index contributed by atoms with van der Waals surface area (Å²) in [4.78, 5) is 13.8. The molecular weight excluding hydrogens is 462 g/mol. The summed E-state index contributed by atoms with van der Waals surface area (Å²) in [5.41, 5.74) is 5.33. The van der Waals surface area contributed by atoms with Gasteiger partial charge in [-0.25, -0.2) is 4.79 Å². The molecule has 3 atom stereocenters. The minimum Gasteiger partial charge on any atom is -0.445 e. The molecule has 0 aromatic heterocycles. The Kier molecular flexibility index (Phi) is 7.87. The van der Waals surface area contributed by atoms with Crippen molar-refractivity contribution in [3.8, 4) is 11.1 Å². The van der Waals surface area contributed by atoms with Gasteiger partial charge in [0.1, 0.15) is 6.61 Å². The van der Waals surface area contributed by atoms with E-state index in [0.717, 1.165) is 54.7 Å². The lowest BCUT2D eigenvalue weighted by atomic mass is 10.0. The zero-order valence-electron chi connectivity index (χ0n) is 21.1. The van der Waals surface area contributed by atoms with Crippen LogP contribution in [0, 0.1) is 0 Å². The van der Waals surface area contributed by atoms with E-state index in [-0.39, 0.29) is 12.7 Å². The Morgan fingerprint density at radius 3 is 2.35 bits per heavy atom. The molecule has 192 valence electrons. The average molecular weight is 498 g/mol. The Labute approximate surface area is 219 Å². The van der Waals surface area contributed by atoms with Gasteiger partial charge in [0, 0.05) is 42.3 Å². The van der Waals surface area contributed by atoms with Crippen molar-refractivity contribution in [2.75, 3.05) is 25.0 Å². The van der Waals surface area contributed by atoms with Crippen molar-refractivity contribution in [2.45, 2.75) is 43.5 Å². The van der Waals surface area contributed by atoms with Gasteiger partial charge in [-0.3, -0.25) is 0 Å². The van der Waals surface area contributed by atoms with Gasteiger partial charge in [0.2, 0.25) is 0 Å². The highest BCUT2D eigenvalue weighted by Crippen LogP contribution is 2.42. The number of carbonyl (C=O) groups is 1. The number of hydrogen-bond donors (Lipinski definition) is 3. The van der Waals surface area contributed by atoms with Gasteiger partial charge in [0.25, 0.3) is 0 Å². The number of ether oxygens (including phenoxy) is 1. The molecule has 3 unspecified atom stereocenters. The van der Waals surface area contributed by atoms with Gasteiger partial charge in [-0.15, -0.1) is 0 Å². The van der Waals surface area contributed by atoms with Crippen molar-refractivity contribution in [2.24, 2.45) is 0 Å². The highest BCUT2D eigenvalue weighted by atomic mass is 16.6. The predicted molar refractivity (Wildman–Crippen MR) is 147 cm³/mol. The van der Waals surface area contributed by atoms with E-state index in [9.17, 15) is 9.90 Å². The maximum absolute atomic E-state index is 12.0. The van der Waals surface area contributed by atoms with Gasteiger partial charge in [0.05, 0.1) is 0 Å². The van der Waals surface area contributed by atoms with E-state index in [1.807, 2.05) is 54.6 Å². The molecule has 1 saturated carbocycles. The maximum atomic E-state index is 12.0. The molecule has 37 heavy (non-hydrogen) atoms. The largest absolute Gasteiger partial charge is 0.445 e. The van der Waals surface area contributed by atoms with Crippen molar-refractivity contribution in [1.82, 2.24) is 10.2 Å². The number of carbonyl (C=O) groups excluding carboxylic acids is 1. The third-order valence-corrected chi connectivity index (χ3v) is 7.29. The number of nitrogens with zero attached hydrogens (tertiary/aromatic N) is 1. The van der Waals surface area contributed by atoms with Crippen LogP contribution in [-0.2, 0) is 4.74 Å². The van der Waals surface area contributed by atoms with Crippen LogP contribution in [0.2, 0.25) is 0 Å². The molecule has 1 heterocycles. The van der Waals surface area contributed by atoms with Crippen LogP contribution in [0.4, 0.5) is 10.5 Å². The smallest absolute Gasteiger partial charge is 0.410 e. The molecule has 0 radical (unpaired) electrons. The van der Waals surface area contributed by atoms with Crippen molar-refractivity contribution < 1.29 is 14.6 Å². The van der Waals surface area contributed by atoms with E-state index in [1.54, 1.807) is 11.0 Å². The van der Waals surface area contributed by atoms with Crippen LogP contribution in [0.1, 0.15) is 42.5 Å². The molecule has 0 spiro atoms. The molecule has 3 aromatic carbocycles. The van der Waals surface area contributed by atoms with Gasteiger partial charge < -0.3 is 25.4 Å². The standard InChI is InChI=1S/C31H35N3O3/c1-2-20-37-31(36)34-18-16-27(17-19-34)32-29-21-28(29)24-12-14-26(15-13-24)33-30(35)25-10-8-23(9-11-25)22-6-4-3-5-7-22/h2-15,27-30,32-33,35H,1,16-21H2. The van der Waals surface area contributed by atoms with Crippen LogP contribution >= 0.6 is 0 Å². The van der Waals surface area contributed by atoms with Gasteiger partial charge >= 0.3 is 6.09 Å². The van der Waals surface area contributed by atoms with Crippen LogP contribution in [0.3, 0.4) is 0 Å². The molecule has 5 rings (SSSR count). The number of rotatable bonds is 9. The lowest BCUT2D eigenvalue weighted by Crippen LogP contribution is -2.45. The first-order valence-corrected chi connectivity index (χ1v) is 13.1. The summed E-state index contributed by atoms with van der Waals surface area (Å²) in [6, 6.07) is 27.5. The fourth-order valence-electron chi connectivity index (χ4n) is 5.06. The first kappa shape index (κ1) is 25.1. The Bertz CT molecular complexity index is 1170. The first-order valence-electron chi connectivity index (χ1n) is 13.1. The fourth-order valence-corrected chi connectivity index (χ4v) is 5.06. The number of likely N-dealkylation sites (tertiary alicyclic amines) is 1. The second kappa shape index (κ2) is 11.6. The number of anilines is 1. The summed E-state index contributed by atoms with van der Waals surface area (Å²) >= 11 is 0. The Balaban J connectivity index is 1.07. The molecule has 2 aliphatic rings. The molecule has 3 aromatic rings. The summed E-state index contributed by atoms with van der Waals surface area (Å²) in [5.74, 6) is 0.514. The number of aliphatic hydroxyl groups is 1. The lowest BCUT2D eigenvalue weighted by Gasteiger charge is -2.31. The van der Waals surface area contributed by atoms with Crippen molar-refractivity contribution in [1.29, 1.82) is 0 Å². The molecule has 1 aliphatic carbocycles. The quantitative estimate of drug-likeness (QED) is 0.262. The molecule has 6 heteroatoms. The normalized spacial score (nSPS) is 20.2. The number of amides is 1. The van der Waals surface area contributed by atoms with Crippen LogP contribution < -0.4 is 10.6 Å². The second-order valence-corrected chi connectivity index (χ2v) is 9.90. The minimum atomic E-state index is -0.772. The third-order valence-electron chi connectivity index (χ3n) is 7.29. The SMILES string of the molecule is C=CCOC(=O)N1CCC(NC2CC2c2ccc(NC(O)c3ccc(-c4ccccc4)cc3)cc2)CC1. The van der Waals surface area contributed by atoms with Gasteiger partial charge in [-0.1, -0.05) is 79.4 Å². The zero-order chi connectivity index (χ0) is 25.6. The van der Waals surface area contributed by atoms with Crippen LogP contribution in [-0.4, -0.2) is 47.9 Å². The number of hydrogen-bond acceptors (Lipinski definition) is 5. The van der Waals surface area contributed by atoms with E-state index >= 15 is 0 Å². The Morgan fingerprint density at radius 1 is 1.00 bits per heavy atom. The summed E-state index contributed by atoms with van der Waals surface area (Å²) in [5, 5.41) is 17.7. The van der Waals surface area contributed by atoms with Crippen LogP contribution in [0.25, 0.3) is 11.1 Å². The molecule has 2 fully saturated rings. The molecule has 1 aliphatic heterocycles. The predicted octanol–water partition coefficient (Wildman–Crippen LogP) is 5.69. The molecule has 1 amide bonds. The van der Waals surface area contributed by atoms with E-state index in [1.165, 1.54) is 5.56 Å². The van der Waals surface area contributed by atoms with Crippen LogP contribution in [0.15, 0.2) is 91.5 Å². The van der Waals surface area contributed by atoms with Crippen molar-refractivity contribution in [3.05, 3.63) is 103 Å². The van der Waals surface area contributed by atoms with E-state index in [2.05, 4.69) is 41.5 Å². The Hall–Kier alpha value is -3.61. The maximum Gasteiger partial charge on any atom is 0.410 e. The van der Waals surface area contributed by atoms with E-state index in [4.69, 9.17) is 4.74 Å². The second-order valence-electron chi connectivity index (χ2n) is 9.90.